The predicted octanol–water partition coefficient (Wildman–Crippen LogP) is 3.17. The first-order valence-corrected chi connectivity index (χ1v) is 10.0. The number of rotatable bonds is 4. The number of nitrogens with one attached hydrogen (secondary N) is 1. The molecule has 29 heavy (non-hydrogen) atoms. The fourth-order valence-corrected chi connectivity index (χ4v) is 4.14. The van der Waals surface area contributed by atoms with Crippen LogP contribution >= 0.6 is 0 Å². The second-order valence-corrected chi connectivity index (χ2v) is 7.83. The third-order valence-electron chi connectivity index (χ3n) is 5.74. The summed E-state index contributed by atoms with van der Waals surface area (Å²) >= 11 is 0. The van der Waals surface area contributed by atoms with Crippen molar-refractivity contribution in [2.75, 3.05) is 13.1 Å². The summed E-state index contributed by atoms with van der Waals surface area (Å²) in [6, 6.07) is 9.62. The van der Waals surface area contributed by atoms with E-state index >= 15 is 0 Å². The van der Waals surface area contributed by atoms with Gasteiger partial charge < -0.3 is 9.32 Å². The van der Waals surface area contributed by atoms with E-state index in [1.165, 1.54) is 0 Å². The molecule has 152 valence electrons. The summed E-state index contributed by atoms with van der Waals surface area (Å²) < 4.78 is 7.17. The number of furan rings is 1. The van der Waals surface area contributed by atoms with Crippen molar-refractivity contribution in [3.63, 3.8) is 0 Å². The van der Waals surface area contributed by atoms with E-state index in [1.807, 2.05) is 56.0 Å². The Kier molecular flexibility index (Phi) is 5.13. The van der Waals surface area contributed by atoms with Crippen molar-refractivity contribution in [1.29, 1.82) is 0 Å². The Labute approximate surface area is 169 Å². The van der Waals surface area contributed by atoms with Crippen LogP contribution in [-0.4, -0.2) is 38.7 Å². The molecule has 0 saturated carbocycles. The Morgan fingerprint density at radius 2 is 1.93 bits per heavy atom. The summed E-state index contributed by atoms with van der Waals surface area (Å²) in [5, 5.41) is 6.87. The second-order valence-electron chi connectivity index (χ2n) is 7.83. The fourth-order valence-electron chi connectivity index (χ4n) is 4.14. The van der Waals surface area contributed by atoms with E-state index in [0.717, 1.165) is 35.7 Å². The number of benzene rings is 1. The van der Waals surface area contributed by atoms with E-state index in [9.17, 15) is 9.59 Å². The van der Waals surface area contributed by atoms with Crippen LogP contribution in [0.5, 0.6) is 0 Å². The van der Waals surface area contributed by atoms with Gasteiger partial charge in [-0.05, 0) is 57.2 Å². The van der Waals surface area contributed by atoms with Gasteiger partial charge >= 0.3 is 5.69 Å². The molecule has 4 rings (SSSR count). The van der Waals surface area contributed by atoms with E-state index in [1.54, 1.807) is 4.57 Å². The SMILES string of the molecule is Cc1cc(C(=O)N2CCC(Cc3n[nH]c(=O)n3-c3ccccc3C)CC2)c(C)o1. The number of carbonyl (C=O) groups excluding carboxylic acids is 1. The zero-order valence-corrected chi connectivity index (χ0v) is 17.1. The van der Waals surface area contributed by atoms with Crippen molar-refractivity contribution in [2.45, 2.75) is 40.0 Å². The molecule has 1 saturated heterocycles. The Morgan fingerprint density at radius 1 is 1.21 bits per heavy atom. The topological polar surface area (TPSA) is 84.1 Å². The van der Waals surface area contributed by atoms with Crippen LogP contribution in [0.4, 0.5) is 0 Å². The number of aromatic amines is 1. The van der Waals surface area contributed by atoms with Crippen LogP contribution in [0.1, 0.15) is 46.1 Å². The molecule has 0 atom stereocenters. The van der Waals surface area contributed by atoms with Gasteiger partial charge in [-0.3, -0.25) is 4.79 Å². The van der Waals surface area contributed by atoms with E-state index < -0.39 is 0 Å². The van der Waals surface area contributed by atoms with Crippen LogP contribution in [-0.2, 0) is 6.42 Å². The van der Waals surface area contributed by atoms with Gasteiger partial charge in [-0.2, -0.15) is 5.10 Å². The summed E-state index contributed by atoms with van der Waals surface area (Å²) in [5.41, 5.74) is 2.33. The summed E-state index contributed by atoms with van der Waals surface area (Å²) in [6.45, 7) is 7.07. The molecule has 1 N–H and O–H groups in total. The maximum atomic E-state index is 12.8. The monoisotopic (exact) mass is 394 g/mol. The van der Waals surface area contributed by atoms with Crippen LogP contribution in [0.3, 0.4) is 0 Å². The molecule has 3 aromatic rings. The average molecular weight is 394 g/mol. The third kappa shape index (κ3) is 3.77. The molecule has 1 aliphatic rings. The molecule has 7 nitrogen and oxygen atoms in total. The number of aromatic nitrogens is 3. The number of amides is 1. The first kappa shape index (κ1) is 19.2. The van der Waals surface area contributed by atoms with E-state index in [2.05, 4.69) is 10.2 Å². The molecule has 1 amide bonds. The normalized spacial score (nSPS) is 15.1. The smallest absolute Gasteiger partial charge is 0.347 e. The second kappa shape index (κ2) is 7.73. The van der Waals surface area contributed by atoms with Gasteiger partial charge in [-0.15, -0.1) is 0 Å². The molecule has 0 radical (unpaired) electrons. The number of H-pyrrole nitrogens is 1. The van der Waals surface area contributed by atoms with Crippen molar-refractivity contribution in [2.24, 2.45) is 5.92 Å². The third-order valence-corrected chi connectivity index (χ3v) is 5.74. The first-order chi connectivity index (χ1) is 13.9. The molecule has 2 aromatic heterocycles. The van der Waals surface area contributed by atoms with Crippen molar-refractivity contribution in [3.05, 3.63) is 69.3 Å². The quantitative estimate of drug-likeness (QED) is 0.737. The van der Waals surface area contributed by atoms with Crippen LogP contribution in [0.15, 0.2) is 39.5 Å². The Balaban J connectivity index is 1.45. The number of aryl methyl sites for hydroxylation is 3. The molecule has 0 bridgehead atoms. The van der Waals surface area contributed by atoms with Gasteiger partial charge in [0.1, 0.15) is 17.3 Å². The lowest BCUT2D eigenvalue weighted by Gasteiger charge is -2.31. The summed E-state index contributed by atoms with van der Waals surface area (Å²) in [6.07, 6.45) is 2.48. The van der Waals surface area contributed by atoms with Gasteiger partial charge in [0.05, 0.1) is 11.3 Å². The number of likely N-dealkylation sites (tertiary alicyclic amines) is 1. The zero-order chi connectivity index (χ0) is 20.5. The maximum Gasteiger partial charge on any atom is 0.347 e. The highest BCUT2D eigenvalue weighted by molar-refractivity contribution is 5.95. The number of hydrogen-bond donors (Lipinski definition) is 1. The summed E-state index contributed by atoms with van der Waals surface area (Å²) in [5.74, 6) is 2.59. The van der Waals surface area contributed by atoms with E-state index in [-0.39, 0.29) is 11.6 Å². The highest BCUT2D eigenvalue weighted by atomic mass is 16.3. The van der Waals surface area contributed by atoms with Crippen molar-refractivity contribution in [3.8, 4) is 5.69 Å². The summed E-state index contributed by atoms with van der Waals surface area (Å²) in [4.78, 5) is 27.0. The number of para-hydroxylation sites is 1. The molecule has 1 aromatic carbocycles. The van der Waals surface area contributed by atoms with Gasteiger partial charge in [0, 0.05) is 19.5 Å². The van der Waals surface area contributed by atoms with Crippen molar-refractivity contribution < 1.29 is 9.21 Å². The molecule has 1 fully saturated rings. The highest BCUT2D eigenvalue weighted by Crippen LogP contribution is 2.24. The minimum absolute atomic E-state index is 0.0365. The Morgan fingerprint density at radius 3 is 2.59 bits per heavy atom. The number of piperidine rings is 1. The standard InChI is InChI=1S/C22H26N4O3/c1-14-6-4-5-7-19(14)26-20(23-24-22(26)28)13-17-8-10-25(11-9-17)21(27)18-12-15(2)29-16(18)3/h4-7,12,17H,8-11,13H2,1-3H3,(H,24,28). The molecule has 0 unspecified atom stereocenters. The Bertz CT molecular complexity index is 1080. The molecule has 0 aliphatic carbocycles. The molecule has 7 heteroatoms. The van der Waals surface area contributed by atoms with Crippen LogP contribution < -0.4 is 5.69 Å². The highest BCUT2D eigenvalue weighted by Gasteiger charge is 2.27. The summed E-state index contributed by atoms with van der Waals surface area (Å²) in [7, 11) is 0. The number of hydrogen-bond acceptors (Lipinski definition) is 4. The average Bonchev–Trinajstić information content (AvgIpc) is 3.23. The van der Waals surface area contributed by atoms with Gasteiger partial charge in [0.2, 0.25) is 0 Å². The van der Waals surface area contributed by atoms with Crippen molar-refractivity contribution in [1.82, 2.24) is 19.7 Å². The molecular formula is C22H26N4O3. The maximum absolute atomic E-state index is 12.8. The van der Waals surface area contributed by atoms with E-state index in [4.69, 9.17) is 4.42 Å². The first-order valence-electron chi connectivity index (χ1n) is 10.0. The fraction of sp³-hybridized carbons (Fsp3) is 0.409. The molecule has 3 heterocycles. The van der Waals surface area contributed by atoms with Gasteiger partial charge in [0.15, 0.2) is 0 Å². The lowest BCUT2D eigenvalue weighted by molar-refractivity contribution is 0.0688. The van der Waals surface area contributed by atoms with Crippen LogP contribution in [0.25, 0.3) is 5.69 Å². The van der Waals surface area contributed by atoms with Crippen molar-refractivity contribution >= 4 is 5.91 Å². The molecule has 1 aliphatic heterocycles. The number of nitrogens with zero attached hydrogens (tertiary/aromatic N) is 3. The largest absolute Gasteiger partial charge is 0.466 e. The van der Waals surface area contributed by atoms with Crippen LogP contribution in [0.2, 0.25) is 0 Å². The van der Waals surface area contributed by atoms with E-state index in [0.29, 0.717) is 36.8 Å². The van der Waals surface area contributed by atoms with Gasteiger partial charge in [-0.1, -0.05) is 18.2 Å². The minimum Gasteiger partial charge on any atom is -0.466 e. The van der Waals surface area contributed by atoms with Crippen LogP contribution in [0, 0.1) is 26.7 Å². The van der Waals surface area contributed by atoms with Gasteiger partial charge in [-0.25, -0.2) is 14.5 Å². The lowest BCUT2D eigenvalue weighted by atomic mass is 9.92. The lowest BCUT2D eigenvalue weighted by Crippen LogP contribution is -2.39. The minimum atomic E-state index is -0.215. The zero-order valence-electron chi connectivity index (χ0n) is 17.1. The molecule has 0 spiro atoms. The molecular weight excluding hydrogens is 368 g/mol. The predicted molar refractivity (Wildman–Crippen MR) is 109 cm³/mol. The number of carbonyl (C=O) groups is 1. The van der Waals surface area contributed by atoms with Gasteiger partial charge in [0.25, 0.3) is 5.91 Å². The Hall–Kier alpha value is -3.09.